The molecule has 1 aliphatic heterocycles. The number of aryl methyl sites for hydroxylation is 1. The van der Waals surface area contributed by atoms with Gasteiger partial charge in [-0.3, -0.25) is 0 Å². The van der Waals surface area contributed by atoms with E-state index >= 15 is 0 Å². The summed E-state index contributed by atoms with van der Waals surface area (Å²) in [5, 5.41) is 6.71. The number of benzene rings is 1. The van der Waals surface area contributed by atoms with Gasteiger partial charge < -0.3 is 0 Å². The van der Waals surface area contributed by atoms with Gasteiger partial charge in [-0.25, -0.2) is 0 Å². The number of amides is 1. The number of hydrogen-bond donors (Lipinski definition) is 4. The number of aromatic nitrogens is 2. The molecule has 2 aromatic rings. The van der Waals surface area contributed by atoms with Crippen LogP contribution in [0.4, 0.5) is 17.3 Å². The third-order valence-electron chi connectivity index (χ3n) is 4.39. The van der Waals surface area contributed by atoms with E-state index in [9.17, 15) is 4.79 Å². The zero-order valence-corrected chi connectivity index (χ0v) is 18.2. The predicted molar refractivity (Wildman–Crippen MR) is 105 cm³/mol. The van der Waals surface area contributed by atoms with Crippen molar-refractivity contribution in [2.45, 2.75) is 32.2 Å². The maximum absolute atomic E-state index is 12.0. The summed E-state index contributed by atoms with van der Waals surface area (Å²) < 4.78 is 9.89. The molecule has 1 fully saturated rings. The fourth-order valence-corrected chi connectivity index (χ4v) is 4.50. The molecule has 8 nitrogen and oxygen atoms in total. The molecule has 2 heterocycles. The van der Waals surface area contributed by atoms with Crippen molar-refractivity contribution in [1.29, 1.82) is 0 Å². The van der Waals surface area contributed by atoms with E-state index < -0.39 is 5.91 Å². The number of rotatable bonds is 8. The number of carbonyl (C=O) groups excluding carboxylic acids is 1. The Morgan fingerprint density at radius 2 is 2.07 bits per heavy atom. The molecule has 1 saturated heterocycles. The number of primary amides is 1. The summed E-state index contributed by atoms with van der Waals surface area (Å²) in [6, 6.07) is 8.33. The first kappa shape index (κ1) is 20.7. The van der Waals surface area contributed by atoms with Crippen molar-refractivity contribution in [2.75, 3.05) is 30.9 Å². The number of nitrogens with zero attached hydrogens (tertiary/aromatic N) is 2. The van der Waals surface area contributed by atoms with E-state index in [1.807, 2.05) is 26.1 Å². The Balaban J connectivity index is 1.92. The van der Waals surface area contributed by atoms with Gasteiger partial charge in [0.25, 0.3) is 0 Å². The zero-order valence-electron chi connectivity index (χ0n) is 16.1. The number of hydrogen-bond acceptors (Lipinski definition) is 7. The van der Waals surface area contributed by atoms with Crippen LogP contribution in [0.2, 0.25) is 0 Å². The van der Waals surface area contributed by atoms with Gasteiger partial charge in [-0.1, -0.05) is 0 Å². The zero-order chi connectivity index (χ0) is 19.9. The van der Waals surface area contributed by atoms with E-state index in [2.05, 4.69) is 31.3 Å². The average Bonchev–Trinajstić information content (AvgIpc) is 2.69. The van der Waals surface area contributed by atoms with E-state index in [0.29, 0.717) is 18.1 Å². The number of halogens is 1. The normalized spacial score (nSPS) is 14.8. The second-order valence-electron chi connectivity index (χ2n) is 6.38. The van der Waals surface area contributed by atoms with E-state index in [4.69, 9.17) is 15.5 Å². The van der Waals surface area contributed by atoms with E-state index in [0.717, 1.165) is 37.4 Å². The standard InChI is InChI=1S/C19H26IN6O2/c1-3-15-18(23-13-7-9-28-10-8-13)26-19(16(25-15)17(21)27)24-14-6-4-5-12(11-14)20-22-2/h4-6,11,13,22H,3,7-10H2,1-2H3,(H2,21,27)(H2,23,24,26)/q-1. The fraction of sp³-hybridized carbons (Fsp3) is 0.421. The van der Waals surface area contributed by atoms with Crippen molar-refractivity contribution < 1.29 is 31.0 Å². The third kappa shape index (κ3) is 5.30. The molecule has 0 unspecified atom stereocenters. The summed E-state index contributed by atoms with van der Waals surface area (Å²) in [4.78, 5) is 21.2. The molecule has 0 radical (unpaired) electrons. The van der Waals surface area contributed by atoms with Crippen molar-refractivity contribution in [3.8, 4) is 0 Å². The van der Waals surface area contributed by atoms with Gasteiger partial charge in [0.2, 0.25) is 0 Å². The van der Waals surface area contributed by atoms with Crippen LogP contribution in [0.25, 0.3) is 0 Å². The SMILES string of the molecule is CCc1nc(C(N)=O)c(Nc2cccc([I-]NC)c2)nc1NC1CCOCC1. The minimum absolute atomic E-state index is 0.156. The van der Waals surface area contributed by atoms with Crippen LogP contribution in [0.5, 0.6) is 0 Å². The quantitative estimate of drug-likeness (QED) is 0.270. The van der Waals surface area contributed by atoms with Crippen molar-refractivity contribution in [3.05, 3.63) is 39.2 Å². The molecule has 1 aliphatic rings. The van der Waals surface area contributed by atoms with Gasteiger partial charge in [0.1, 0.15) is 0 Å². The molecular formula is C19H26IN6O2-. The van der Waals surface area contributed by atoms with Crippen molar-refractivity contribution in [2.24, 2.45) is 5.73 Å². The number of nitrogens with one attached hydrogen (secondary N) is 3. The number of carbonyl (C=O) groups is 1. The predicted octanol–water partition coefficient (Wildman–Crippen LogP) is -1.13. The summed E-state index contributed by atoms with van der Waals surface area (Å²) in [7, 11) is 1.95. The number of nitrogens with two attached hydrogens (primary N) is 1. The molecular weight excluding hydrogens is 471 g/mol. The Morgan fingerprint density at radius 3 is 2.75 bits per heavy atom. The maximum atomic E-state index is 12.0. The molecule has 1 aromatic heterocycles. The second-order valence-corrected chi connectivity index (χ2v) is 9.25. The first-order chi connectivity index (χ1) is 13.6. The summed E-state index contributed by atoms with van der Waals surface area (Å²) in [6.07, 6.45) is 2.49. The van der Waals surface area contributed by atoms with Gasteiger partial charge in [-0.05, 0) is 0 Å². The van der Waals surface area contributed by atoms with E-state index in [1.54, 1.807) is 0 Å². The first-order valence-corrected chi connectivity index (χ1v) is 11.5. The molecule has 0 spiro atoms. The molecule has 0 bridgehead atoms. The summed E-state index contributed by atoms with van der Waals surface area (Å²) >= 11 is -0.253. The minimum atomic E-state index is -0.596. The molecule has 1 amide bonds. The topological polar surface area (TPSA) is 114 Å². The van der Waals surface area contributed by atoms with Crippen LogP contribution < -0.4 is 41.4 Å². The monoisotopic (exact) mass is 497 g/mol. The number of ether oxygens (including phenoxy) is 1. The molecule has 9 heteroatoms. The number of anilines is 3. The molecule has 28 heavy (non-hydrogen) atoms. The van der Waals surface area contributed by atoms with Crippen LogP contribution in [0.15, 0.2) is 24.3 Å². The Morgan fingerprint density at radius 1 is 1.29 bits per heavy atom. The van der Waals surface area contributed by atoms with Gasteiger partial charge in [0.15, 0.2) is 0 Å². The van der Waals surface area contributed by atoms with Crippen LogP contribution in [-0.4, -0.2) is 42.2 Å². The molecule has 1 aromatic carbocycles. The Kier molecular flexibility index (Phi) is 7.40. The average molecular weight is 497 g/mol. The van der Waals surface area contributed by atoms with E-state index in [1.165, 1.54) is 3.57 Å². The molecule has 0 aliphatic carbocycles. The van der Waals surface area contributed by atoms with Gasteiger partial charge in [0.05, 0.1) is 0 Å². The van der Waals surface area contributed by atoms with Gasteiger partial charge >= 0.3 is 176 Å². The van der Waals surface area contributed by atoms with Gasteiger partial charge in [-0.2, -0.15) is 0 Å². The fourth-order valence-electron chi connectivity index (χ4n) is 3.00. The summed E-state index contributed by atoms with van der Waals surface area (Å²) in [6.45, 7) is 3.46. The Labute approximate surface area is 175 Å². The van der Waals surface area contributed by atoms with Crippen LogP contribution >= 0.6 is 0 Å². The molecule has 0 atom stereocenters. The van der Waals surface area contributed by atoms with Crippen LogP contribution in [-0.2, 0) is 11.2 Å². The molecule has 3 rings (SSSR count). The van der Waals surface area contributed by atoms with Gasteiger partial charge in [-0.15, -0.1) is 0 Å². The summed E-state index contributed by atoms with van der Waals surface area (Å²) in [5.74, 6) is 0.473. The van der Waals surface area contributed by atoms with Crippen LogP contribution in [0.1, 0.15) is 35.9 Å². The van der Waals surface area contributed by atoms with Crippen molar-refractivity contribution in [3.63, 3.8) is 0 Å². The van der Waals surface area contributed by atoms with Crippen molar-refractivity contribution in [1.82, 2.24) is 13.5 Å². The summed E-state index contributed by atoms with van der Waals surface area (Å²) in [5.41, 5.74) is 7.33. The Bertz CT molecular complexity index is 826. The van der Waals surface area contributed by atoms with E-state index in [-0.39, 0.29) is 33.2 Å². The first-order valence-electron chi connectivity index (χ1n) is 9.33. The molecule has 152 valence electrons. The molecule has 0 saturated carbocycles. The second kappa shape index (κ2) is 9.99. The molecule has 5 N–H and O–H groups in total. The van der Waals surface area contributed by atoms with Crippen LogP contribution in [0, 0.1) is 3.57 Å². The van der Waals surface area contributed by atoms with Crippen LogP contribution in [0.3, 0.4) is 0 Å². The van der Waals surface area contributed by atoms with Gasteiger partial charge in [0, 0.05) is 0 Å². The Hall–Kier alpha value is -1.98. The van der Waals surface area contributed by atoms with Crippen molar-refractivity contribution >= 4 is 23.2 Å². The third-order valence-corrected chi connectivity index (χ3v) is 6.22.